The Balaban J connectivity index is 1.89. The van der Waals surface area contributed by atoms with Gasteiger partial charge < -0.3 is 5.11 Å². The van der Waals surface area contributed by atoms with Crippen LogP contribution in [0.1, 0.15) is 32.6 Å². The number of thioether (sulfide) groups is 1. The Morgan fingerprint density at radius 3 is 2.00 bits per heavy atom. The molecule has 0 atom stereocenters. The van der Waals surface area contributed by atoms with Crippen LogP contribution in [-0.2, 0) is 23.7 Å². The lowest BCUT2D eigenvalue weighted by atomic mass is 10.0. The highest BCUT2D eigenvalue weighted by molar-refractivity contribution is 8.26. The monoisotopic (exact) mass is 491 g/mol. The van der Waals surface area contributed by atoms with Crippen molar-refractivity contribution in [1.82, 2.24) is 4.90 Å². The number of aromatic carboxylic acids is 1. The third-order valence-corrected chi connectivity index (χ3v) is 5.69. The lowest BCUT2D eigenvalue weighted by Crippen LogP contribution is -2.27. The van der Waals surface area contributed by atoms with Gasteiger partial charge in [-0.05, 0) is 47.5 Å². The van der Waals surface area contributed by atoms with E-state index in [1.807, 2.05) is 0 Å². The van der Waals surface area contributed by atoms with Gasteiger partial charge in [-0.2, -0.15) is 26.3 Å². The van der Waals surface area contributed by atoms with Crippen LogP contribution in [0.4, 0.5) is 26.3 Å². The first kappa shape index (κ1) is 23.8. The summed E-state index contributed by atoms with van der Waals surface area (Å²) in [4.78, 5) is 24.6. The van der Waals surface area contributed by atoms with E-state index < -0.39 is 41.9 Å². The number of hydrogen-bond acceptors (Lipinski definition) is 4. The van der Waals surface area contributed by atoms with Crippen LogP contribution in [0.5, 0.6) is 0 Å². The number of halogens is 6. The van der Waals surface area contributed by atoms with Gasteiger partial charge in [-0.1, -0.05) is 36.1 Å². The first-order chi connectivity index (χ1) is 14.8. The van der Waals surface area contributed by atoms with Gasteiger partial charge >= 0.3 is 18.3 Å². The number of carbonyl (C=O) groups excluding carboxylic acids is 1. The van der Waals surface area contributed by atoms with Crippen molar-refractivity contribution in [3.63, 3.8) is 0 Å². The van der Waals surface area contributed by atoms with Crippen LogP contribution in [0, 0.1) is 0 Å². The number of alkyl halides is 6. The molecule has 2 aromatic rings. The Morgan fingerprint density at radius 1 is 1.00 bits per heavy atom. The SMILES string of the molecule is O=C(O)c1ccc(/C=C2\SC(=S)N(Cc3cc(C(F)(F)F)cc(C(F)(F)F)c3)C2=O)cc1. The third kappa shape index (κ3) is 5.30. The van der Waals surface area contributed by atoms with Gasteiger partial charge in [-0.25, -0.2) is 4.79 Å². The van der Waals surface area contributed by atoms with Crippen LogP contribution in [0.3, 0.4) is 0 Å². The molecule has 3 rings (SSSR count). The van der Waals surface area contributed by atoms with Crippen LogP contribution >= 0.6 is 24.0 Å². The number of thiocarbonyl (C=S) groups is 1. The number of carboxylic acid groups (broad SMARTS) is 1. The van der Waals surface area contributed by atoms with Gasteiger partial charge in [0.2, 0.25) is 0 Å². The number of amides is 1. The number of benzene rings is 2. The average molecular weight is 491 g/mol. The van der Waals surface area contributed by atoms with Crippen molar-refractivity contribution < 1.29 is 41.0 Å². The molecule has 1 fully saturated rings. The Morgan fingerprint density at radius 2 is 1.53 bits per heavy atom. The van der Waals surface area contributed by atoms with E-state index in [0.717, 1.165) is 16.7 Å². The van der Waals surface area contributed by atoms with E-state index in [4.69, 9.17) is 17.3 Å². The van der Waals surface area contributed by atoms with E-state index in [-0.39, 0.29) is 26.4 Å². The number of rotatable bonds is 4. The van der Waals surface area contributed by atoms with Crippen LogP contribution in [-0.4, -0.2) is 26.2 Å². The van der Waals surface area contributed by atoms with E-state index in [0.29, 0.717) is 17.7 Å². The quantitative estimate of drug-likeness (QED) is 0.332. The summed E-state index contributed by atoms with van der Waals surface area (Å²) in [6, 6.07) is 6.61. The molecule has 0 aliphatic carbocycles. The van der Waals surface area contributed by atoms with E-state index in [9.17, 15) is 35.9 Å². The van der Waals surface area contributed by atoms with Crippen LogP contribution < -0.4 is 0 Å². The molecule has 168 valence electrons. The number of nitrogens with zero attached hydrogens (tertiary/aromatic N) is 1. The zero-order valence-corrected chi connectivity index (χ0v) is 17.3. The molecule has 2 aromatic carbocycles. The second-order valence-corrected chi connectivity index (χ2v) is 8.28. The van der Waals surface area contributed by atoms with E-state index in [1.54, 1.807) is 0 Å². The maximum atomic E-state index is 13.1. The first-order valence-corrected chi connectivity index (χ1v) is 9.85. The molecule has 1 aliphatic rings. The second-order valence-electron chi connectivity index (χ2n) is 6.61. The van der Waals surface area contributed by atoms with Crippen LogP contribution in [0.15, 0.2) is 47.4 Å². The van der Waals surface area contributed by atoms with E-state index in [1.165, 1.54) is 30.3 Å². The molecule has 0 aromatic heterocycles. The molecule has 4 nitrogen and oxygen atoms in total. The summed E-state index contributed by atoms with van der Waals surface area (Å²) < 4.78 is 78.3. The van der Waals surface area contributed by atoms with Gasteiger partial charge in [0.1, 0.15) is 4.32 Å². The fraction of sp³-hybridized carbons (Fsp3) is 0.150. The normalized spacial score (nSPS) is 16.2. The van der Waals surface area contributed by atoms with E-state index >= 15 is 0 Å². The van der Waals surface area contributed by atoms with Crippen molar-refractivity contribution in [2.75, 3.05) is 0 Å². The van der Waals surface area contributed by atoms with Crippen molar-refractivity contribution in [3.8, 4) is 0 Å². The highest BCUT2D eigenvalue weighted by atomic mass is 32.2. The Labute approximate surface area is 186 Å². The second kappa shape index (κ2) is 8.58. The minimum absolute atomic E-state index is 0.00842. The summed E-state index contributed by atoms with van der Waals surface area (Å²) >= 11 is 5.92. The highest BCUT2D eigenvalue weighted by Gasteiger charge is 2.38. The summed E-state index contributed by atoms with van der Waals surface area (Å²) in [6.45, 7) is -0.576. The zero-order valence-electron chi connectivity index (χ0n) is 15.6. The van der Waals surface area contributed by atoms with Crippen molar-refractivity contribution in [2.24, 2.45) is 0 Å². The molecule has 1 heterocycles. The summed E-state index contributed by atoms with van der Waals surface area (Å²) in [5, 5.41) is 8.91. The molecule has 1 saturated heterocycles. The van der Waals surface area contributed by atoms with Gasteiger partial charge in [0.05, 0.1) is 28.1 Å². The summed E-state index contributed by atoms with van der Waals surface area (Å²) in [6.07, 6.45) is -8.61. The van der Waals surface area contributed by atoms with Gasteiger partial charge in [0.25, 0.3) is 5.91 Å². The van der Waals surface area contributed by atoms with Gasteiger partial charge in [-0.15, -0.1) is 0 Å². The molecule has 1 amide bonds. The van der Waals surface area contributed by atoms with Crippen molar-refractivity contribution in [3.05, 3.63) is 75.2 Å². The smallest absolute Gasteiger partial charge is 0.416 e. The van der Waals surface area contributed by atoms with Crippen molar-refractivity contribution in [1.29, 1.82) is 0 Å². The highest BCUT2D eigenvalue weighted by Crippen LogP contribution is 2.38. The number of carbonyl (C=O) groups is 2. The Bertz CT molecular complexity index is 1090. The number of hydrogen-bond donors (Lipinski definition) is 1. The molecule has 0 radical (unpaired) electrons. The lowest BCUT2D eigenvalue weighted by Gasteiger charge is -2.18. The third-order valence-electron chi connectivity index (χ3n) is 4.32. The van der Waals surface area contributed by atoms with Crippen molar-refractivity contribution in [2.45, 2.75) is 18.9 Å². The fourth-order valence-corrected chi connectivity index (χ4v) is 4.06. The average Bonchev–Trinajstić information content (AvgIpc) is 2.94. The summed E-state index contributed by atoms with van der Waals surface area (Å²) in [7, 11) is 0. The first-order valence-electron chi connectivity index (χ1n) is 8.63. The fourth-order valence-electron chi connectivity index (χ4n) is 2.80. The molecule has 12 heteroatoms. The molecule has 0 saturated carbocycles. The molecule has 1 N–H and O–H groups in total. The molecular weight excluding hydrogens is 480 g/mol. The minimum atomic E-state index is -5.01. The van der Waals surface area contributed by atoms with Crippen LogP contribution in [0.2, 0.25) is 0 Å². The summed E-state index contributed by atoms with van der Waals surface area (Å²) in [5.74, 6) is -1.82. The molecule has 0 unspecified atom stereocenters. The number of carboxylic acids is 1. The minimum Gasteiger partial charge on any atom is -0.478 e. The Hall–Kier alpha value is -2.86. The summed E-state index contributed by atoms with van der Waals surface area (Å²) in [5.41, 5.74) is -2.85. The Kier molecular flexibility index (Phi) is 6.38. The largest absolute Gasteiger partial charge is 0.478 e. The van der Waals surface area contributed by atoms with Crippen LogP contribution in [0.25, 0.3) is 6.08 Å². The molecule has 0 bridgehead atoms. The molecular formula is C20H11F6NO3S2. The van der Waals surface area contributed by atoms with Gasteiger partial charge in [0, 0.05) is 0 Å². The predicted octanol–water partition coefficient (Wildman–Crippen LogP) is 5.82. The molecule has 1 aliphatic heterocycles. The maximum absolute atomic E-state index is 13.1. The van der Waals surface area contributed by atoms with Gasteiger partial charge in [0.15, 0.2) is 0 Å². The van der Waals surface area contributed by atoms with Crippen molar-refractivity contribution >= 4 is 46.3 Å². The predicted molar refractivity (Wildman–Crippen MR) is 109 cm³/mol. The molecule has 0 spiro atoms. The zero-order chi connectivity index (χ0) is 23.8. The maximum Gasteiger partial charge on any atom is 0.416 e. The van der Waals surface area contributed by atoms with Gasteiger partial charge in [-0.3, -0.25) is 9.69 Å². The lowest BCUT2D eigenvalue weighted by molar-refractivity contribution is -0.143. The van der Waals surface area contributed by atoms with E-state index in [2.05, 4.69) is 0 Å². The molecule has 32 heavy (non-hydrogen) atoms. The topological polar surface area (TPSA) is 57.6 Å². The standard InChI is InChI=1S/C20H11F6NO3S2/c21-19(22,23)13-5-11(6-14(8-13)20(24,25)26)9-27-16(28)15(32-18(27)31)7-10-1-3-12(4-2-10)17(29)30/h1-8H,9H2,(H,29,30)/b15-7-.